The summed E-state index contributed by atoms with van der Waals surface area (Å²) in [5.74, 6) is 0. The molecule has 0 aliphatic heterocycles. The standard InChI is InChI=1S/C11H20O/c1-4-9-7-11(2,3)6-5-10(9)8-12/h12H,4-8H2,1-3H3. The Hall–Kier alpha value is -0.300. The van der Waals surface area contributed by atoms with Gasteiger partial charge < -0.3 is 5.11 Å². The molecular formula is C11H20O. The summed E-state index contributed by atoms with van der Waals surface area (Å²) in [6.07, 6.45) is 4.62. The summed E-state index contributed by atoms with van der Waals surface area (Å²) in [4.78, 5) is 0. The lowest BCUT2D eigenvalue weighted by Crippen LogP contribution is -2.19. The van der Waals surface area contributed by atoms with Gasteiger partial charge in [-0.15, -0.1) is 0 Å². The summed E-state index contributed by atoms with van der Waals surface area (Å²) in [6.45, 7) is 7.10. The van der Waals surface area contributed by atoms with Crippen molar-refractivity contribution in [3.05, 3.63) is 11.1 Å². The van der Waals surface area contributed by atoms with Gasteiger partial charge >= 0.3 is 0 Å². The van der Waals surface area contributed by atoms with Gasteiger partial charge in [-0.25, -0.2) is 0 Å². The molecule has 1 rings (SSSR count). The Labute approximate surface area is 75.5 Å². The Morgan fingerprint density at radius 1 is 1.33 bits per heavy atom. The largest absolute Gasteiger partial charge is 0.392 e. The van der Waals surface area contributed by atoms with Crippen molar-refractivity contribution in [1.82, 2.24) is 0 Å². The van der Waals surface area contributed by atoms with Crippen molar-refractivity contribution in [3.63, 3.8) is 0 Å². The molecule has 0 bridgehead atoms. The van der Waals surface area contributed by atoms with E-state index in [0.29, 0.717) is 5.41 Å². The van der Waals surface area contributed by atoms with Crippen LogP contribution in [0.25, 0.3) is 0 Å². The van der Waals surface area contributed by atoms with Crippen LogP contribution in [0.5, 0.6) is 0 Å². The van der Waals surface area contributed by atoms with Crippen LogP contribution in [0.15, 0.2) is 11.1 Å². The summed E-state index contributed by atoms with van der Waals surface area (Å²) in [5, 5.41) is 9.10. The Morgan fingerprint density at radius 2 is 2.00 bits per heavy atom. The van der Waals surface area contributed by atoms with Crippen molar-refractivity contribution in [1.29, 1.82) is 0 Å². The van der Waals surface area contributed by atoms with E-state index in [0.717, 1.165) is 12.8 Å². The van der Waals surface area contributed by atoms with Crippen LogP contribution in [-0.2, 0) is 0 Å². The molecule has 0 aromatic rings. The van der Waals surface area contributed by atoms with Crippen LogP contribution in [0.1, 0.15) is 46.5 Å². The number of aliphatic hydroxyl groups excluding tert-OH is 1. The van der Waals surface area contributed by atoms with Gasteiger partial charge in [-0.1, -0.05) is 26.3 Å². The highest BCUT2D eigenvalue weighted by Gasteiger charge is 2.25. The van der Waals surface area contributed by atoms with E-state index < -0.39 is 0 Å². The van der Waals surface area contributed by atoms with Gasteiger partial charge in [-0.3, -0.25) is 0 Å². The van der Waals surface area contributed by atoms with Crippen molar-refractivity contribution in [2.75, 3.05) is 6.61 Å². The lowest BCUT2D eigenvalue weighted by Gasteiger charge is -2.32. The van der Waals surface area contributed by atoms with Crippen LogP contribution < -0.4 is 0 Å². The summed E-state index contributed by atoms with van der Waals surface area (Å²) in [6, 6.07) is 0. The highest BCUT2D eigenvalue weighted by Crippen LogP contribution is 2.39. The smallest absolute Gasteiger partial charge is 0.0644 e. The average molecular weight is 168 g/mol. The molecule has 0 aromatic heterocycles. The summed E-state index contributed by atoms with van der Waals surface area (Å²) in [5.41, 5.74) is 3.26. The summed E-state index contributed by atoms with van der Waals surface area (Å²) in [7, 11) is 0. The van der Waals surface area contributed by atoms with E-state index in [-0.39, 0.29) is 6.61 Å². The highest BCUT2D eigenvalue weighted by molar-refractivity contribution is 5.19. The molecule has 1 aliphatic carbocycles. The number of allylic oxidation sites excluding steroid dienone is 1. The molecule has 0 spiro atoms. The predicted octanol–water partition coefficient (Wildman–Crippen LogP) is 2.90. The Kier molecular flexibility index (Phi) is 2.94. The van der Waals surface area contributed by atoms with Crippen LogP contribution in [0.3, 0.4) is 0 Å². The molecule has 0 fully saturated rings. The third kappa shape index (κ3) is 2.10. The number of rotatable bonds is 2. The van der Waals surface area contributed by atoms with Crippen LogP contribution in [0.4, 0.5) is 0 Å². The van der Waals surface area contributed by atoms with Gasteiger partial charge in [0, 0.05) is 0 Å². The molecule has 0 unspecified atom stereocenters. The zero-order valence-corrected chi connectivity index (χ0v) is 8.48. The van der Waals surface area contributed by atoms with Gasteiger partial charge in [-0.05, 0) is 36.7 Å². The monoisotopic (exact) mass is 168 g/mol. The lowest BCUT2D eigenvalue weighted by molar-refractivity contribution is 0.274. The lowest BCUT2D eigenvalue weighted by atomic mass is 9.74. The van der Waals surface area contributed by atoms with Crippen molar-refractivity contribution < 1.29 is 5.11 Å². The molecule has 1 nitrogen and oxygen atoms in total. The van der Waals surface area contributed by atoms with Crippen LogP contribution >= 0.6 is 0 Å². The molecule has 1 aliphatic rings. The molecule has 0 atom stereocenters. The molecule has 0 saturated heterocycles. The molecule has 1 heteroatoms. The van der Waals surface area contributed by atoms with Crippen molar-refractivity contribution in [3.8, 4) is 0 Å². The van der Waals surface area contributed by atoms with Crippen molar-refractivity contribution in [2.45, 2.75) is 46.5 Å². The Morgan fingerprint density at radius 3 is 2.50 bits per heavy atom. The summed E-state index contributed by atoms with van der Waals surface area (Å²) < 4.78 is 0. The molecule has 0 radical (unpaired) electrons. The number of hydrogen-bond acceptors (Lipinski definition) is 1. The second kappa shape index (κ2) is 3.61. The van der Waals surface area contributed by atoms with E-state index in [1.54, 1.807) is 0 Å². The van der Waals surface area contributed by atoms with Gasteiger partial charge in [0.25, 0.3) is 0 Å². The SMILES string of the molecule is CCC1=C(CO)CCC(C)(C)C1. The van der Waals surface area contributed by atoms with Gasteiger partial charge in [-0.2, -0.15) is 0 Å². The minimum atomic E-state index is 0.277. The first-order valence-electron chi connectivity index (χ1n) is 4.89. The Bertz CT molecular complexity index is 189. The quantitative estimate of drug-likeness (QED) is 0.629. The summed E-state index contributed by atoms with van der Waals surface area (Å²) >= 11 is 0. The normalized spacial score (nSPS) is 23.0. The van der Waals surface area contributed by atoms with Crippen LogP contribution in [0, 0.1) is 5.41 Å². The molecule has 0 amide bonds. The minimum Gasteiger partial charge on any atom is -0.392 e. The van der Waals surface area contributed by atoms with Gasteiger partial charge in [0.15, 0.2) is 0 Å². The van der Waals surface area contributed by atoms with Crippen LogP contribution in [-0.4, -0.2) is 11.7 Å². The van der Waals surface area contributed by atoms with E-state index in [9.17, 15) is 0 Å². The van der Waals surface area contributed by atoms with Gasteiger partial charge in [0.1, 0.15) is 0 Å². The molecule has 12 heavy (non-hydrogen) atoms. The predicted molar refractivity (Wildman–Crippen MR) is 52.0 cm³/mol. The third-order valence-corrected chi connectivity index (χ3v) is 2.91. The molecular weight excluding hydrogens is 148 g/mol. The van der Waals surface area contributed by atoms with Gasteiger partial charge in [0.2, 0.25) is 0 Å². The average Bonchev–Trinajstić information content (AvgIpc) is 2.03. The first-order valence-corrected chi connectivity index (χ1v) is 4.89. The van der Waals surface area contributed by atoms with E-state index in [2.05, 4.69) is 20.8 Å². The Balaban J connectivity index is 2.77. The second-order valence-corrected chi connectivity index (χ2v) is 4.56. The molecule has 0 aromatic carbocycles. The first kappa shape index (κ1) is 9.79. The first-order chi connectivity index (χ1) is 5.59. The van der Waals surface area contributed by atoms with E-state index >= 15 is 0 Å². The maximum Gasteiger partial charge on any atom is 0.0644 e. The fraction of sp³-hybridized carbons (Fsp3) is 0.818. The van der Waals surface area contributed by atoms with E-state index in [4.69, 9.17) is 5.11 Å². The van der Waals surface area contributed by atoms with E-state index in [1.807, 2.05) is 0 Å². The zero-order valence-electron chi connectivity index (χ0n) is 8.48. The maximum absolute atomic E-state index is 9.10. The van der Waals surface area contributed by atoms with Gasteiger partial charge in [0.05, 0.1) is 6.61 Å². The number of aliphatic hydroxyl groups is 1. The van der Waals surface area contributed by atoms with Crippen molar-refractivity contribution in [2.24, 2.45) is 5.41 Å². The topological polar surface area (TPSA) is 20.2 Å². The minimum absolute atomic E-state index is 0.277. The molecule has 0 saturated carbocycles. The van der Waals surface area contributed by atoms with E-state index in [1.165, 1.54) is 24.0 Å². The second-order valence-electron chi connectivity index (χ2n) is 4.56. The van der Waals surface area contributed by atoms with Crippen LogP contribution in [0.2, 0.25) is 0 Å². The molecule has 70 valence electrons. The fourth-order valence-corrected chi connectivity index (χ4v) is 2.02. The van der Waals surface area contributed by atoms with Crippen molar-refractivity contribution >= 4 is 0 Å². The maximum atomic E-state index is 9.10. The molecule has 0 heterocycles. The fourth-order valence-electron chi connectivity index (χ4n) is 2.02. The third-order valence-electron chi connectivity index (χ3n) is 2.91. The number of hydrogen-bond donors (Lipinski definition) is 1. The molecule has 1 N–H and O–H groups in total. The highest BCUT2D eigenvalue weighted by atomic mass is 16.3. The zero-order chi connectivity index (χ0) is 9.19.